The third kappa shape index (κ3) is 8.01. The van der Waals surface area contributed by atoms with Crippen LogP contribution in [0.2, 0.25) is 0 Å². The maximum Gasteiger partial charge on any atom is 0.255 e. The zero-order valence-corrected chi connectivity index (χ0v) is 39.0. The third-order valence-corrected chi connectivity index (χ3v) is 12.8. The van der Waals surface area contributed by atoms with Gasteiger partial charge in [0.05, 0.1) is 11.0 Å². The van der Waals surface area contributed by atoms with E-state index in [1.54, 1.807) is 0 Å². The second-order valence-electron chi connectivity index (χ2n) is 20.6. The van der Waals surface area contributed by atoms with Crippen molar-refractivity contribution >= 4 is 32.8 Å². The second kappa shape index (κ2) is 15.8. The quantitative estimate of drug-likeness (QED) is 0.150. The molecule has 0 aliphatic carbocycles. The minimum Gasteiger partial charge on any atom is -0.457 e. The van der Waals surface area contributed by atoms with E-state index in [4.69, 9.17) is 9.72 Å². The Labute approximate surface area is 383 Å². The molecule has 0 amide bonds. The molecule has 5 heteroatoms. The topological polar surface area (TPSA) is 35.9 Å². The summed E-state index contributed by atoms with van der Waals surface area (Å²) in [5, 5.41) is 2.30. The van der Waals surface area contributed by atoms with E-state index < -0.39 is 0 Å². The van der Waals surface area contributed by atoms with Crippen LogP contribution in [0, 0.1) is 0 Å². The lowest BCUT2D eigenvalue weighted by atomic mass is 9.80. The van der Waals surface area contributed by atoms with Crippen molar-refractivity contribution in [3.05, 3.63) is 199 Å². The van der Waals surface area contributed by atoms with Crippen LogP contribution in [0.3, 0.4) is 0 Å². The summed E-state index contributed by atoms with van der Waals surface area (Å²) in [5.41, 5.74) is 15.1. The van der Waals surface area contributed by atoms with Crippen molar-refractivity contribution in [2.75, 3.05) is 0 Å². The average molecular weight is 850 g/mol. The largest absolute Gasteiger partial charge is 0.457 e. The molecular formula is C60H57N4O+. The van der Waals surface area contributed by atoms with Gasteiger partial charge in [0, 0.05) is 29.1 Å². The van der Waals surface area contributed by atoms with Crippen LogP contribution in [0.5, 0.6) is 11.5 Å². The number of hydrogen-bond donors (Lipinski definition) is 0. The van der Waals surface area contributed by atoms with Gasteiger partial charge in [-0.25, -0.2) is 4.98 Å². The molecule has 0 spiro atoms. The summed E-state index contributed by atoms with van der Waals surface area (Å²) in [6, 6.07) is 61.1. The molecule has 3 aromatic heterocycles. The molecule has 0 saturated carbocycles. The Morgan fingerprint density at radius 3 is 1.83 bits per heavy atom. The van der Waals surface area contributed by atoms with Crippen LogP contribution < -0.4 is 9.30 Å². The normalized spacial score (nSPS) is 12.4. The first-order chi connectivity index (χ1) is 31.1. The molecule has 0 fully saturated rings. The van der Waals surface area contributed by atoms with Gasteiger partial charge >= 0.3 is 0 Å². The highest BCUT2D eigenvalue weighted by molar-refractivity contribution is 6.10. The Bertz CT molecular complexity index is 3370. The van der Waals surface area contributed by atoms with Gasteiger partial charge in [-0.1, -0.05) is 141 Å². The standard InChI is InChI=1S/C60H57N4O/c1-58(2,3)44-29-30-61-57(36-44)64-53-28-25-43(42-20-15-19-41(31-42)40-17-11-10-12-18-40)32-52(53)51-27-26-50(38-56(51)64)65-49-22-16-21-47(37-49)62-39-63(55-24-14-13-23-54(55)62)48-34-45(59(4,5)6)33-46(35-48)60(7,8)9/h10-39H,1-9H3/q+1. The lowest BCUT2D eigenvalue weighted by Crippen LogP contribution is -2.31. The summed E-state index contributed by atoms with van der Waals surface area (Å²) in [6.45, 7) is 20.5. The van der Waals surface area contributed by atoms with Gasteiger partial charge in [-0.3, -0.25) is 4.57 Å². The monoisotopic (exact) mass is 849 g/mol. The van der Waals surface area contributed by atoms with E-state index in [-0.39, 0.29) is 16.2 Å². The predicted octanol–water partition coefficient (Wildman–Crippen LogP) is 15.4. The van der Waals surface area contributed by atoms with E-state index in [1.807, 2.05) is 12.3 Å². The summed E-state index contributed by atoms with van der Waals surface area (Å²) in [5.74, 6) is 2.39. The molecule has 7 aromatic carbocycles. The predicted molar refractivity (Wildman–Crippen MR) is 270 cm³/mol. The zero-order chi connectivity index (χ0) is 45.3. The van der Waals surface area contributed by atoms with Crippen LogP contribution in [0.25, 0.3) is 72.3 Å². The maximum atomic E-state index is 6.82. The minimum atomic E-state index is -0.0389. The summed E-state index contributed by atoms with van der Waals surface area (Å²) >= 11 is 0. The van der Waals surface area contributed by atoms with Crippen LogP contribution in [0.1, 0.15) is 79.0 Å². The summed E-state index contributed by atoms with van der Waals surface area (Å²) in [4.78, 5) is 4.98. The molecule has 0 aliphatic rings. The van der Waals surface area contributed by atoms with Crippen molar-refractivity contribution in [1.29, 1.82) is 0 Å². The van der Waals surface area contributed by atoms with Gasteiger partial charge in [0.25, 0.3) is 6.33 Å². The highest BCUT2D eigenvalue weighted by atomic mass is 16.5. The van der Waals surface area contributed by atoms with E-state index in [2.05, 4.69) is 246 Å². The highest BCUT2D eigenvalue weighted by Crippen LogP contribution is 2.39. The number of imidazole rings is 1. The van der Waals surface area contributed by atoms with Crippen LogP contribution in [-0.4, -0.2) is 14.1 Å². The van der Waals surface area contributed by atoms with Gasteiger partial charge in [0.2, 0.25) is 0 Å². The Morgan fingerprint density at radius 2 is 1.09 bits per heavy atom. The van der Waals surface area contributed by atoms with Crippen molar-refractivity contribution in [2.45, 2.75) is 78.6 Å². The molecule has 65 heavy (non-hydrogen) atoms. The first-order valence-corrected chi connectivity index (χ1v) is 22.8. The number of para-hydroxylation sites is 2. The Hall–Kier alpha value is -7.24. The number of aromatic nitrogens is 4. The van der Waals surface area contributed by atoms with E-state index in [0.717, 1.165) is 61.5 Å². The van der Waals surface area contributed by atoms with E-state index in [0.29, 0.717) is 0 Å². The number of nitrogens with zero attached hydrogens (tertiary/aromatic N) is 4. The molecule has 10 rings (SSSR count). The summed E-state index contributed by atoms with van der Waals surface area (Å²) in [7, 11) is 0. The zero-order valence-electron chi connectivity index (χ0n) is 39.0. The van der Waals surface area contributed by atoms with Crippen LogP contribution in [0.15, 0.2) is 182 Å². The summed E-state index contributed by atoms with van der Waals surface area (Å²) in [6.07, 6.45) is 4.15. The molecule has 0 radical (unpaired) electrons. The van der Waals surface area contributed by atoms with Gasteiger partial charge in [-0.05, 0) is 134 Å². The molecule has 0 N–H and O–H groups in total. The van der Waals surface area contributed by atoms with Crippen LogP contribution >= 0.6 is 0 Å². The van der Waals surface area contributed by atoms with Gasteiger partial charge in [-0.15, -0.1) is 0 Å². The number of rotatable bonds is 7. The molecule has 322 valence electrons. The van der Waals surface area contributed by atoms with Crippen molar-refractivity contribution in [1.82, 2.24) is 14.1 Å². The Kier molecular flexibility index (Phi) is 10.1. The van der Waals surface area contributed by atoms with Crippen molar-refractivity contribution in [2.24, 2.45) is 0 Å². The van der Waals surface area contributed by atoms with Gasteiger partial charge in [0.1, 0.15) is 28.7 Å². The van der Waals surface area contributed by atoms with Gasteiger partial charge < -0.3 is 4.74 Å². The molecule has 10 aromatic rings. The number of benzene rings is 7. The van der Waals surface area contributed by atoms with E-state index >= 15 is 0 Å². The summed E-state index contributed by atoms with van der Waals surface area (Å²) < 4.78 is 13.7. The Balaban J connectivity index is 1.06. The fraction of sp³-hybridized carbons (Fsp3) is 0.200. The Morgan fingerprint density at radius 1 is 0.446 bits per heavy atom. The molecule has 0 bridgehead atoms. The number of hydrogen-bond acceptors (Lipinski definition) is 2. The smallest absolute Gasteiger partial charge is 0.255 e. The minimum absolute atomic E-state index is 0.00324. The maximum absolute atomic E-state index is 6.82. The third-order valence-electron chi connectivity index (χ3n) is 12.8. The molecule has 3 heterocycles. The number of fused-ring (bicyclic) bond motifs is 4. The van der Waals surface area contributed by atoms with Crippen molar-refractivity contribution < 1.29 is 9.30 Å². The van der Waals surface area contributed by atoms with Crippen LogP contribution in [0.4, 0.5) is 0 Å². The first kappa shape index (κ1) is 41.8. The number of ether oxygens (including phenoxy) is 1. The van der Waals surface area contributed by atoms with Crippen molar-refractivity contribution in [3.8, 4) is 50.9 Å². The molecular weight excluding hydrogens is 793 g/mol. The first-order valence-electron chi connectivity index (χ1n) is 22.8. The van der Waals surface area contributed by atoms with Gasteiger partial charge in [0.15, 0.2) is 11.0 Å². The van der Waals surface area contributed by atoms with Crippen LogP contribution in [-0.2, 0) is 16.2 Å². The fourth-order valence-electron chi connectivity index (χ4n) is 8.98. The lowest BCUT2D eigenvalue weighted by molar-refractivity contribution is -0.567. The molecule has 0 unspecified atom stereocenters. The molecule has 0 atom stereocenters. The average Bonchev–Trinajstić information content (AvgIpc) is 3.84. The molecule has 0 aliphatic heterocycles. The fourth-order valence-corrected chi connectivity index (χ4v) is 8.98. The van der Waals surface area contributed by atoms with Crippen molar-refractivity contribution in [3.63, 3.8) is 0 Å². The molecule has 0 saturated heterocycles. The molecule has 5 nitrogen and oxygen atoms in total. The highest BCUT2D eigenvalue weighted by Gasteiger charge is 2.26. The van der Waals surface area contributed by atoms with E-state index in [9.17, 15) is 0 Å². The van der Waals surface area contributed by atoms with Gasteiger partial charge in [-0.2, -0.15) is 9.13 Å². The SMILES string of the molecule is CC(C)(C)c1cc(-[n+]2cn(-c3cccc(Oc4ccc5c6cc(-c7cccc(-c8ccccc8)c7)ccc6n(-c6cc(C(C)(C)C)ccn6)c5c4)c3)c3ccccc32)cc(C(C)(C)C)c1. The second-order valence-corrected chi connectivity index (χ2v) is 20.6. The van der Waals surface area contributed by atoms with E-state index in [1.165, 1.54) is 38.9 Å². The lowest BCUT2D eigenvalue weighted by Gasteiger charge is -2.25. The number of pyridine rings is 1.